The van der Waals surface area contributed by atoms with Gasteiger partial charge in [0.2, 0.25) is 5.91 Å². The molecular formula is C16H23N3OS. The first-order valence-electron chi connectivity index (χ1n) is 7.64. The first kappa shape index (κ1) is 14.7. The van der Waals surface area contributed by atoms with Crippen molar-refractivity contribution in [2.45, 2.75) is 6.42 Å². The minimum Gasteiger partial charge on any atom is -0.369 e. The molecular weight excluding hydrogens is 282 g/mol. The fraction of sp³-hybridized carbons (Fsp3) is 0.562. The topological polar surface area (TPSA) is 35.6 Å². The van der Waals surface area contributed by atoms with Crippen LogP contribution >= 0.6 is 11.8 Å². The molecule has 5 heteroatoms. The third-order valence-electron chi connectivity index (χ3n) is 4.30. The van der Waals surface area contributed by atoms with E-state index in [-0.39, 0.29) is 11.8 Å². The molecule has 0 aromatic heterocycles. The molecule has 114 valence electrons. The highest BCUT2D eigenvalue weighted by atomic mass is 32.2. The number of anilines is 2. The highest BCUT2D eigenvalue weighted by Crippen LogP contribution is 2.25. The minimum absolute atomic E-state index is 0.173. The van der Waals surface area contributed by atoms with Gasteiger partial charge in [0.25, 0.3) is 0 Å². The summed E-state index contributed by atoms with van der Waals surface area (Å²) in [5.41, 5.74) is 2.16. The van der Waals surface area contributed by atoms with Crippen molar-refractivity contribution in [1.82, 2.24) is 4.90 Å². The Labute approximate surface area is 130 Å². The van der Waals surface area contributed by atoms with E-state index in [2.05, 4.69) is 34.3 Å². The molecule has 2 aliphatic rings. The molecule has 0 spiro atoms. The normalized spacial score (nSPS) is 23.3. The fourth-order valence-corrected chi connectivity index (χ4v) is 4.03. The molecule has 0 radical (unpaired) electrons. The van der Waals surface area contributed by atoms with E-state index in [4.69, 9.17) is 0 Å². The Morgan fingerprint density at radius 2 is 1.90 bits per heavy atom. The summed E-state index contributed by atoms with van der Waals surface area (Å²) in [7, 11) is 2.16. The Morgan fingerprint density at radius 3 is 2.52 bits per heavy atom. The van der Waals surface area contributed by atoms with E-state index in [1.54, 1.807) is 0 Å². The Hall–Kier alpha value is -1.20. The van der Waals surface area contributed by atoms with E-state index >= 15 is 0 Å². The number of rotatable bonds is 3. The molecule has 1 amide bonds. The van der Waals surface area contributed by atoms with Gasteiger partial charge in [-0.1, -0.05) is 0 Å². The second-order valence-corrected chi connectivity index (χ2v) is 7.04. The van der Waals surface area contributed by atoms with E-state index in [0.29, 0.717) is 0 Å². The van der Waals surface area contributed by atoms with E-state index in [1.165, 1.54) is 5.69 Å². The number of likely N-dealkylation sites (N-methyl/N-ethyl adjacent to an activating group) is 1. The number of amides is 1. The molecule has 2 fully saturated rings. The van der Waals surface area contributed by atoms with E-state index in [1.807, 2.05) is 23.9 Å². The van der Waals surface area contributed by atoms with Crippen molar-refractivity contribution in [1.29, 1.82) is 0 Å². The number of carbonyl (C=O) groups excluding carboxylic acids is 1. The molecule has 21 heavy (non-hydrogen) atoms. The maximum Gasteiger partial charge on any atom is 0.228 e. The predicted molar refractivity (Wildman–Crippen MR) is 90.2 cm³/mol. The summed E-state index contributed by atoms with van der Waals surface area (Å²) in [5, 5.41) is 3.04. The largest absolute Gasteiger partial charge is 0.369 e. The predicted octanol–water partition coefficient (Wildman–Crippen LogP) is 2.13. The highest BCUT2D eigenvalue weighted by molar-refractivity contribution is 7.99. The van der Waals surface area contributed by atoms with Crippen LogP contribution in [0.4, 0.5) is 11.4 Å². The molecule has 0 bridgehead atoms. The monoisotopic (exact) mass is 305 g/mol. The second kappa shape index (κ2) is 6.71. The Bertz CT molecular complexity index is 477. The lowest BCUT2D eigenvalue weighted by atomic mass is 10.1. The van der Waals surface area contributed by atoms with Crippen molar-refractivity contribution >= 4 is 29.0 Å². The third kappa shape index (κ3) is 3.71. The zero-order chi connectivity index (χ0) is 14.7. The number of carbonyl (C=O) groups is 1. The van der Waals surface area contributed by atoms with Crippen LogP contribution in [0.3, 0.4) is 0 Å². The second-order valence-electron chi connectivity index (χ2n) is 5.89. The fourth-order valence-electron chi connectivity index (χ4n) is 2.81. The quantitative estimate of drug-likeness (QED) is 0.928. The van der Waals surface area contributed by atoms with Crippen LogP contribution in [0.15, 0.2) is 24.3 Å². The van der Waals surface area contributed by atoms with Crippen LogP contribution < -0.4 is 10.2 Å². The molecule has 2 heterocycles. The molecule has 2 saturated heterocycles. The van der Waals surface area contributed by atoms with Crippen LogP contribution in [0.2, 0.25) is 0 Å². The van der Waals surface area contributed by atoms with Crippen LogP contribution in [0.1, 0.15) is 6.42 Å². The summed E-state index contributed by atoms with van der Waals surface area (Å²) in [6.07, 6.45) is 1.01. The van der Waals surface area contributed by atoms with Gasteiger partial charge in [0.1, 0.15) is 0 Å². The summed E-state index contributed by atoms with van der Waals surface area (Å²) < 4.78 is 0. The summed E-state index contributed by atoms with van der Waals surface area (Å²) >= 11 is 1.87. The number of benzene rings is 1. The first-order chi connectivity index (χ1) is 10.2. The molecule has 1 N–H and O–H groups in total. The van der Waals surface area contributed by atoms with Crippen molar-refractivity contribution in [3.05, 3.63) is 24.3 Å². The Morgan fingerprint density at radius 1 is 1.19 bits per heavy atom. The number of nitrogens with zero attached hydrogens (tertiary/aromatic N) is 2. The van der Waals surface area contributed by atoms with Crippen molar-refractivity contribution in [2.24, 2.45) is 5.92 Å². The average molecular weight is 305 g/mol. The summed E-state index contributed by atoms with van der Waals surface area (Å²) in [6.45, 7) is 4.36. The van der Waals surface area contributed by atoms with Crippen LogP contribution in [-0.4, -0.2) is 55.5 Å². The molecule has 3 rings (SSSR count). The van der Waals surface area contributed by atoms with Gasteiger partial charge < -0.3 is 15.1 Å². The molecule has 1 aromatic rings. The molecule has 1 aromatic carbocycles. The molecule has 1 atom stereocenters. The van der Waals surface area contributed by atoms with Gasteiger partial charge in [-0.05, 0) is 43.5 Å². The lowest BCUT2D eigenvalue weighted by Gasteiger charge is -2.34. The van der Waals surface area contributed by atoms with Gasteiger partial charge in [0, 0.05) is 49.2 Å². The Kier molecular flexibility index (Phi) is 4.70. The third-order valence-corrected chi connectivity index (χ3v) is 5.47. The van der Waals surface area contributed by atoms with Crippen LogP contribution in [-0.2, 0) is 4.79 Å². The number of thioether (sulfide) groups is 1. The van der Waals surface area contributed by atoms with Crippen molar-refractivity contribution in [2.75, 3.05) is 54.9 Å². The molecule has 1 unspecified atom stereocenters. The van der Waals surface area contributed by atoms with Crippen molar-refractivity contribution < 1.29 is 4.79 Å². The zero-order valence-corrected chi connectivity index (χ0v) is 13.4. The number of hydrogen-bond donors (Lipinski definition) is 1. The van der Waals surface area contributed by atoms with Gasteiger partial charge in [-0.3, -0.25) is 4.79 Å². The summed E-state index contributed by atoms with van der Waals surface area (Å²) in [5.74, 6) is 2.44. The lowest BCUT2D eigenvalue weighted by molar-refractivity contribution is -0.119. The van der Waals surface area contributed by atoms with Gasteiger partial charge in [0.15, 0.2) is 0 Å². The van der Waals surface area contributed by atoms with E-state index in [9.17, 15) is 4.79 Å². The van der Waals surface area contributed by atoms with Gasteiger partial charge in [-0.15, -0.1) is 0 Å². The number of hydrogen-bond acceptors (Lipinski definition) is 4. The Balaban J connectivity index is 1.57. The van der Waals surface area contributed by atoms with Crippen molar-refractivity contribution in [3.8, 4) is 0 Å². The zero-order valence-electron chi connectivity index (χ0n) is 12.5. The van der Waals surface area contributed by atoms with Gasteiger partial charge in [0.05, 0.1) is 0 Å². The standard InChI is InChI=1S/C16H23N3OS/c1-18-7-9-19(10-8-18)15-4-2-14(3-5-15)17-16(20)13-6-11-21-12-13/h2-5,13H,6-12H2,1H3,(H,17,20). The molecule has 2 aliphatic heterocycles. The van der Waals surface area contributed by atoms with Gasteiger partial charge in [-0.2, -0.15) is 11.8 Å². The summed E-state index contributed by atoms with van der Waals surface area (Å²) in [6, 6.07) is 8.27. The van der Waals surface area contributed by atoms with Crippen LogP contribution in [0, 0.1) is 5.92 Å². The maximum atomic E-state index is 12.1. The van der Waals surface area contributed by atoms with Crippen LogP contribution in [0.5, 0.6) is 0 Å². The first-order valence-corrected chi connectivity index (χ1v) is 8.80. The minimum atomic E-state index is 0.173. The van der Waals surface area contributed by atoms with Gasteiger partial charge in [-0.25, -0.2) is 0 Å². The van der Waals surface area contributed by atoms with Crippen LogP contribution in [0.25, 0.3) is 0 Å². The average Bonchev–Trinajstić information content (AvgIpc) is 3.03. The number of piperazine rings is 1. The molecule has 4 nitrogen and oxygen atoms in total. The maximum absolute atomic E-state index is 12.1. The van der Waals surface area contributed by atoms with E-state index < -0.39 is 0 Å². The van der Waals surface area contributed by atoms with Gasteiger partial charge >= 0.3 is 0 Å². The SMILES string of the molecule is CN1CCN(c2ccc(NC(=O)C3CCSC3)cc2)CC1. The lowest BCUT2D eigenvalue weighted by Crippen LogP contribution is -2.44. The van der Waals surface area contributed by atoms with Crippen molar-refractivity contribution in [3.63, 3.8) is 0 Å². The molecule has 0 saturated carbocycles. The smallest absolute Gasteiger partial charge is 0.228 e. The molecule has 0 aliphatic carbocycles. The van der Waals surface area contributed by atoms with E-state index in [0.717, 1.165) is 49.8 Å². The highest BCUT2D eigenvalue weighted by Gasteiger charge is 2.23. The number of nitrogens with one attached hydrogen (secondary N) is 1. The summed E-state index contributed by atoms with van der Waals surface area (Å²) in [4.78, 5) is 16.9.